The molecule has 0 unspecified atom stereocenters. The van der Waals surface area contributed by atoms with E-state index in [0.29, 0.717) is 10.7 Å². The maximum atomic E-state index is 12.5. The Labute approximate surface area is 172 Å². The van der Waals surface area contributed by atoms with Crippen molar-refractivity contribution >= 4 is 40.8 Å². The highest BCUT2D eigenvalue weighted by atomic mass is 35.5. The molecule has 0 aromatic heterocycles. The van der Waals surface area contributed by atoms with E-state index in [1.807, 2.05) is 19.1 Å². The number of para-hydroxylation sites is 1. The zero-order valence-corrected chi connectivity index (χ0v) is 16.2. The Kier molecular flexibility index (Phi) is 6.21. The van der Waals surface area contributed by atoms with Crippen molar-refractivity contribution in [3.05, 3.63) is 98.6 Å². The van der Waals surface area contributed by atoms with Crippen molar-refractivity contribution in [2.45, 2.75) is 6.92 Å². The Morgan fingerprint density at radius 3 is 2.48 bits per heavy atom. The number of nitrogens with one attached hydrogen (secondary N) is 2. The molecule has 0 fully saturated rings. The molecular formula is C21H17ClN4O3. The summed E-state index contributed by atoms with van der Waals surface area (Å²) >= 11 is 5.83. The number of hydrogen-bond donors (Lipinski definition) is 2. The van der Waals surface area contributed by atoms with Crippen LogP contribution in [0.2, 0.25) is 5.02 Å². The van der Waals surface area contributed by atoms with E-state index < -0.39 is 10.8 Å². The van der Waals surface area contributed by atoms with E-state index in [2.05, 4.69) is 15.8 Å². The highest BCUT2D eigenvalue weighted by Crippen LogP contribution is 2.26. The highest BCUT2D eigenvalue weighted by Gasteiger charge is 2.18. The molecule has 29 heavy (non-hydrogen) atoms. The fraction of sp³-hybridized carbons (Fsp3) is 0.0476. The van der Waals surface area contributed by atoms with E-state index in [4.69, 9.17) is 11.6 Å². The minimum absolute atomic E-state index is 0.173. The molecule has 8 heteroatoms. The van der Waals surface area contributed by atoms with Gasteiger partial charge in [0.25, 0.3) is 11.6 Å². The van der Waals surface area contributed by atoms with Gasteiger partial charge in [0.05, 0.1) is 11.1 Å². The molecule has 146 valence electrons. The van der Waals surface area contributed by atoms with Crippen LogP contribution in [0.4, 0.5) is 17.1 Å². The van der Waals surface area contributed by atoms with Crippen LogP contribution in [0.3, 0.4) is 0 Å². The van der Waals surface area contributed by atoms with Crippen LogP contribution < -0.4 is 10.7 Å². The summed E-state index contributed by atoms with van der Waals surface area (Å²) in [7, 11) is 0. The molecule has 0 spiro atoms. The van der Waals surface area contributed by atoms with Gasteiger partial charge in [-0.05, 0) is 48.4 Å². The molecule has 1 amide bonds. The second kappa shape index (κ2) is 8.99. The number of rotatable bonds is 6. The summed E-state index contributed by atoms with van der Waals surface area (Å²) in [4.78, 5) is 23.4. The Morgan fingerprint density at radius 1 is 1.07 bits per heavy atom. The van der Waals surface area contributed by atoms with Crippen molar-refractivity contribution in [3.8, 4) is 0 Å². The first kappa shape index (κ1) is 20.0. The molecular weight excluding hydrogens is 392 g/mol. The van der Waals surface area contributed by atoms with Crippen LogP contribution in [0.5, 0.6) is 0 Å². The highest BCUT2D eigenvalue weighted by molar-refractivity contribution is 6.30. The molecule has 3 aromatic rings. The summed E-state index contributed by atoms with van der Waals surface area (Å²) in [5.41, 5.74) is 5.06. The first-order chi connectivity index (χ1) is 13.9. The number of aryl methyl sites for hydroxylation is 1. The third-order valence-corrected chi connectivity index (χ3v) is 4.37. The van der Waals surface area contributed by atoms with Crippen LogP contribution in [0.25, 0.3) is 0 Å². The summed E-state index contributed by atoms with van der Waals surface area (Å²) < 4.78 is 0. The van der Waals surface area contributed by atoms with Gasteiger partial charge in [-0.15, -0.1) is 0 Å². The molecule has 0 saturated heterocycles. The summed E-state index contributed by atoms with van der Waals surface area (Å²) in [6.45, 7) is 1.86. The lowest BCUT2D eigenvalue weighted by Gasteiger charge is -2.09. The third-order valence-electron chi connectivity index (χ3n) is 4.12. The van der Waals surface area contributed by atoms with Crippen molar-refractivity contribution in [2.24, 2.45) is 5.10 Å². The van der Waals surface area contributed by atoms with Gasteiger partial charge in [-0.1, -0.05) is 41.9 Å². The Morgan fingerprint density at radius 2 is 1.79 bits per heavy atom. The summed E-state index contributed by atoms with van der Waals surface area (Å²) in [5, 5.41) is 18.8. The SMILES string of the molecule is Cc1ccccc1NC(=O)c1ccc(N/N=C/c2ccc(Cl)cc2)c([N+](=O)[O-])c1. The van der Waals surface area contributed by atoms with Crippen LogP contribution in [0.15, 0.2) is 71.8 Å². The lowest BCUT2D eigenvalue weighted by molar-refractivity contribution is -0.384. The molecule has 7 nitrogen and oxygen atoms in total. The zero-order valence-electron chi connectivity index (χ0n) is 15.4. The number of hydrazone groups is 1. The molecule has 0 bridgehead atoms. The monoisotopic (exact) mass is 408 g/mol. The van der Waals surface area contributed by atoms with Crippen LogP contribution in [-0.4, -0.2) is 17.0 Å². The predicted molar refractivity (Wildman–Crippen MR) is 115 cm³/mol. The quantitative estimate of drug-likeness (QED) is 0.330. The standard InChI is InChI=1S/C21H17ClN4O3/c1-14-4-2-3-5-18(14)24-21(27)16-8-11-19(20(12-16)26(28)29)25-23-13-15-6-9-17(22)10-7-15/h2-13,25H,1H3,(H,24,27)/b23-13+. The number of nitro benzene ring substituents is 1. The second-order valence-electron chi connectivity index (χ2n) is 6.18. The Hall–Kier alpha value is -3.71. The molecule has 0 heterocycles. The van der Waals surface area contributed by atoms with E-state index in [0.717, 1.165) is 11.1 Å². The van der Waals surface area contributed by atoms with Gasteiger partial charge in [-0.25, -0.2) is 0 Å². The average molecular weight is 409 g/mol. The van der Waals surface area contributed by atoms with Crippen molar-refractivity contribution in [1.82, 2.24) is 0 Å². The maximum absolute atomic E-state index is 12.5. The molecule has 0 aliphatic heterocycles. The molecule has 3 aromatic carbocycles. The number of benzene rings is 3. The van der Waals surface area contributed by atoms with Gasteiger partial charge in [0.2, 0.25) is 0 Å². The zero-order chi connectivity index (χ0) is 20.8. The number of anilines is 2. The summed E-state index contributed by atoms with van der Waals surface area (Å²) in [6, 6.07) is 18.4. The first-order valence-corrected chi connectivity index (χ1v) is 9.02. The van der Waals surface area contributed by atoms with Crippen molar-refractivity contribution < 1.29 is 9.72 Å². The van der Waals surface area contributed by atoms with E-state index in [1.54, 1.807) is 36.4 Å². The van der Waals surface area contributed by atoms with Crippen molar-refractivity contribution in [1.29, 1.82) is 0 Å². The van der Waals surface area contributed by atoms with Crippen LogP contribution >= 0.6 is 11.6 Å². The molecule has 0 radical (unpaired) electrons. The maximum Gasteiger partial charge on any atom is 0.294 e. The number of carbonyl (C=O) groups excluding carboxylic acids is 1. The average Bonchev–Trinajstić information content (AvgIpc) is 2.71. The summed E-state index contributed by atoms with van der Waals surface area (Å²) in [6.07, 6.45) is 1.51. The van der Waals surface area contributed by atoms with Crippen molar-refractivity contribution in [3.63, 3.8) is 0 Å². The summed E-state index contributed by atoms with van der Waals surface area (Å²) in [5.74, 6) is -0.432. The number of halogens is 1. The van der Waals surface area contributed by atoms with E-state index in [-0.39, 0.29) is 16.9 Å². The van der Waals surface area contributed by atoms with Gasteiger partial charge >= 0.3 is 0 Å². The minimum Gasteiger partial charge on any atom is -0.322 e. The normalized spacial score (nSPS) is 10.7. The van der Waals surface area contributed by atoms with Gasteiger partial charge in [-0.2, -0.15) is 5.10 Å². The van der Waals surface area contributed by atoms with E-state index in [9.17, 15) is 14.9 Å². The van der Waals surface area contributed by atoms with Crippen LogP contribution in [-0.2, 0) is 0 Å². The first-order valence-electron chi connectivity index (χ1n) is 8.64. The van der Waals surface area contributed by atoms with Gasteiger partial charge in [0.15, 0.2) is 0 Å². The lowest BCUT2D eigenvalue weighted by atomic mass is 10.1. The van der Waals surface area contributed by atoms with Gasteiger partial charge in [0.1, 0.15) is 5.69 Å². The van der Waals surface area contributed by atoms with Crippen LogP contribution in [0.1, 0.15) is 21.5 Å². The number of amides is 1. The Balaban J connectivity index is 1.78. The molecule has 2 N–H and O–H groups in total. The van der Waals surface area contributed by atoms with Crippen LogP contribution in [0, 0.1) is 17.0 Å². The van der Waals surface area contributed by atoms with Gasteiger partial charge in [0, 0.05) is 22.3 Å². The Bertz CT molecular complexity index is 1080. The second-order valence-corrected chi connectivity index (χ2v) is 6.62. The number of nitro groups is 1. The fourth-order valence-corrected chi connectivity index (χ4v) is 2.68. The number of carbonyl (C=O) groups is 1. The molecule has 0 aliphatic carbocycles. The third kappa shape index (κ3) is 5.18. The predicted octanol–water partition coefficient (Wildman–Crippen LogP) is 5.25. The van der Waals surface area contributed by atoms with Gasteiger partial charge in [-0.3, -0.25) is 20.3 Å². The molecule has 3 rings (SSSR count). The topological polar surface area (TPSA) is 96.6 Å². The smallest absolute Gasteiger partial charge is 0.294 e. The molecule has 0 aliphatic rings. The molecule has 0 atom stereocenters. The van der Waals surface area contributed by atoms with Crippen molar-refractivity contribution in [2.75, 3.05) is 10.7 Å². The largest absolute Gasteiger partial charge is 0.322 e. The number of nitrogens with zero attached hydrogens (tertiary/aromatic N) is 2. The number of hydrogen-bond acceptors (Lipinski definition) is 5. The van der Waals surface area contributed by atoms with E-state index in [1.165, 1.54) is 24.4 Å². The van der Waals surface area contributed by atoms with Gasteiger partial charge < -0.3 is 5.32 Å². The fourth-order valence-electron chi connectivity index (χ4n) is 2.55. The molecule has 0 saturated carbocycles. The lowest BCUT2D eigenvalue weighted by Crippen LogP contribution is -2.13. The minimum atomic E-state index is -0.565. The van der Waals surface area contributed by atoms with E-state index >= 15 is 0 Å².